The van der Waals surface area contributed by atoms with Crippen molar-refractivity contribution in [1.29, 1.82) is 0 Å². The Hall–Kier alpha value is -1.01. The van der Waals surface area contributed by atoms with Crippen LogP contribution in [0.3, 0.4) is 0 Å². The number of fused-ring (bicyclic) bond motifs is 3. The van der Waals surface area contributed by atoms with Crippen molar-refractivity contribution in [1.82, 2.24) is 0 Å². The van der Waals surface area contributed by atoms with Crippen LogP contribution in [0.5, 0.6) is 0 Å². The van der Waals surface area contributed by atoms with Gasteiger partial charge in [0.1, 0.15) is 0 Å². The van der Waals surface area contributed by atoms with Gasteiger partial charge in [0, 0.05) is 0 Å². The van der Waals surface area contributed by atoms with Crippen molar-refractivity contribution in [2.75, 3.05) is 0 Å². The number of hydrogen-bond acceptors (Lipinski definition) is 0. The van der Waals surface area contributed by atoms with E-state index in [0.29, 0.717) is 5.41 Å². The zero-order valence-corrected chi connectivity index (χ0v) is 27.0. The average Bonchev–Trinajstić information content (AvgIpc) is 3.35. The average molecular weight is 589 g/mol. The first kappa shape index (κ1) is 36.2. The van der Waals surface area contributed by atoms with Crippen LogP contribution < -0.4 is 24.8 Å². The van der Waals surface area contributed by atoms with E-state index in [9.17, 15) is 0 Å². The van der Waals surface area contributed by atoms with Gasteiger partial charge in [-0.25, -0.2) is 12.1 Å². The molecule has 0 amide bonds. The van der Waals surface area contributed by atoms with Crippen LogP contribution in [-0.2, 0) is 48.9 Å². The largest absolute Gasteiger partial charge is 4.00 e. The van der Waals surface area contributed by atoms with Crippen LogP contribution in [0.1, 0.15) is 90.1 Å². The van der Waals surface area contributed by atoms with Gasteiger partial charge in [-0.05, 0) is 17.4 Å². The molecule has 0 unspecified atom stereocenters. The minimum absolute atomic E-state index is 0. The molecule has 3 aromatic carbocycles. The zero-order chi connectivity index (χ0) is 24.3. The minimum Gasteiger partial charge on any atom is -1.00 e. The fraction of sp³-hybridized carbons (Fsp3) is 0.406. The second-order valence-electron chi connectivity index (χ2n) is 11.8. The Kier molecular flexibility index (Phi) is 14.5. The van der Waals surface area contributed by atoms with E-state index in [0.717, 1.165) is 6.42 Å². The quantitative estimate of drug-likeness (QED) is 0.219. The first-order valence-corrected chi connectivity index (χ1v) is 11.7. The molecule has 0 aliphatic heterocycles. The van der Waals surface area contributed by atoms with E-state index in [1.807, 2.05) is 0 Å². The Labute approximate surface area is 247 Å². The molecule has 0 saturated heterocycles. The van der Waals surface area contributed by atoms with Gasteiger partial charge in [0.05, 0.1) is 0 Å². The van der Waals surface area contributed by atoms with Crippen LogP contribution in [0.4, 0.5) is 0 Å². The Bertz CT molecular complexity index is 965. The molecule has 35 heavy (non-hydrogen) atoms. The Morgan fingerprint density at radius 3 is 1.66 bits per heavy atom. The second kappa shape index (κ2) is 14.1. The predicted molar refractivity (Wildman–Crippen MR) is 143 cm³/mol. The maximum Gasteiger partial charge on any atom is 4.00 e. The summed E-state index contributed by atoms with van der Waals surface area (Å²) in [5.74, 6) is 0. The predicted octanol–water partition coefficient (Wildman–Crippen LogP) is 3.16. The molecule has 0 fully saturated rings. The summed E-state index contributed by atoms with van der Waals surface area (Å²) in [4.78, 5) is 0. The molecular weight excluding hydrogens is 546 g/mol. The van der Waals surface area contributed by atoms with Crippen molar-refractivity contribution < 1.29 is 51.0 Å². The van der Waals surface area contributed by atoms with Crippen molar-refractivity contribution in [3.63, 3.8) is 0 Å². The van der Waals surface area contributed by atoms with Crippen LogP contribution in [0.25, 0.3) is 11.1 Å². The van der Waals surface area contributed by atoms with Crippen LogP contribution in [-0.4, -0.2) is 0 Å². The summed E-state index contributed by atoms with van der Waals surface area (Å²) < 4.78 is 0. The maximum absolute atomic E-state index is 3.53. The van der Waals surface area contributed by atoms with Crippen molar-refractivity contribution in [3.8, 4) is 11.1 Å². The van der Waals surface area contributed by atoms with Crippen molar-refractivity contribution in [2.45, 2.75) is 85.0 Å². The van der Waals surface area contributed by atoms with Gasteiger partial charge < -0.3 is 24.8 Å². The smallest absolute Gasteiger partial charge is 1.00 e. The minimum atomic E-state index is 0. The number of halogens is 2. The van der Waals surface area contributed by atoms with Gasteiger partial charge in [0.15, 0.2) is 0 Å². The third-order valence-electron chi connectivity index (χ3n) is 6.05. The summed E-state index contributed by atoms with van der Waals surface area (Å²) in [6.45, 7) is 26.3. The molecule has 3 heteroatoms. The third-order valence-corrected chi connectivity index (χ3v) is 6.05. The Balaban J connectivity index is 0. The molecular formula is C32H42Cl2Zr. The fourth-order valence-corrected chi connectivity index (χ4v) is 3.86. The normalized spacial score (nSPS) is 11.6. The van der Waals surface area contributed by atoms with Gasteiger partial charge in [-0.15, -0.1) is 18.7 Å². The van der Waals surface area contributed by atoms with E-state index in [2.05, 4.69) is 136 Å². The zero-order valence-electron chi connectivity index (χ0n) is 23.1. The summed E-state index contributed by atoms with van der Waals surface area (Å²) in [5, 5.41) is 0. The van der Waals surface area contributed by atoms with Gasteiger partial charge >= 0.3 is 26.2 Å². The first-order valence-electron chi connectivity index (χ1n) is 11.7. The van der Waals surface area contributed by atoms with Crippen LogP contribution >= 0.6 is 0 Å². The molecule has 0 N–H and O–H groups in total. The molecule has 3 aromatic rings. The topological polar surface area (TPSA) is 0 Å². The van der Waals surface area contributed by atoms with Gasteiger partial charge in [-0.1, -0.05) is 102 Å². The molecule has 0 spiro atoms. The van der Waals surface area contributed by atoms with Gasteiger partial charge in [-0.2, -0.15) is 47.0 Å². The third kappa shape index (κ3) is 9.42. The van der Waals surface area contributed by atoms with E-state index in [1.165, 1.54) is 38.9 Å². The fourth-order valence-electron chi connectivity index (χ4n) is 3.86. The van der Waals surface area contributed by atoms with E-state index < -0.39 is 0 Å². The number of rotatable bonds is 0. The summed E-state index contributed by atoms with van der Waals surface area (Å²) in [5.41, 5.74) is 10.5. The Morgan fingerprint density at radius 1 is 0.743 bits per heavy atom. The van der Waals surface area contributed by atoms with Crippen LogP contribution in [0, 0.1) is 6.07 Å². The van der Waals surface area contributed by atoms with Gasteiger partial charge in [0.2, 0.25) is 0 Å². The van der Waals surface area contributed by atoms with Crippen molar-refractivity contribution >= 4 is 0 Å². The van der Waals surface area contributed by atoms with Gasteiger partial charge in [0.25, 0.3) is 0 Å². The molecule has 0 nitrogen and oxygen atoms in total. The summed E-state index contributed by atoms with van der Waals surface area (Å²) in [6, 6.07) is 23.6. The maximum atomic E-state index is 3.53. The van der Waals surface area contributed by atoms with Crippen molar-refractivity contribution in [3.05, 3.63) is 102 Å². The SMILES string of the molecule is C=C.CC(C)(C)[c-]1cccc1.CC(C)(C)c1c[c-]c2c(c1)-c1cc(C(C)(C)C)ccc1C2.[Cl-].[Cl-].[Zr+4]. The number of benzene rings is 2. The second-order valence-corrected chi connectivity index (χ2v) is 11.8. The molecule has 0 heterocycles. The summed E-state index contributed by atoms with van der Waals surface area (Å²) in [7, 11) is 0. The summed E-state index contributed by atoms with van der Waals surface area (Å²) in [6.07, 6.45) is 1.03. The van der Waals surface area contributed by atoms with Gasteiger partial charge in [-0.3, -0.25) is 0 Å². The van der Waals surface area contributed by atoms with Crippen LogP contribution in [0.2, 0.25) is 0 Å². The summed E-state index contributed by atoms with van der Waals surface area (Å²) >= 11 is 0. The molecule has 0 aromatic heterocycles. The molecule has 0 radical (unpaired) electrons. The Morgan fingerprint density at radius 2 is 1.23 bits per heavy atom. The number of hydrogen-bond donors (Lipinski definition) is 0. The molecule has 0 atom stereocenters. The molecule has 1 aliphatic carbocycles. The molecule has 1 aliphatic rings. The van der Waals surface area contributed by atoms with E-state index >= 15 is 0 Å². The molecule has 188 valence electrons. The van der Waals surface area contributed by atoms with E-state index in [1.54, 1.807) is 0 Å². The van der Waals surface area contributed by atoms with E-state index in [-0.39, 0.29) is 61.8 Å². The monoisotopic (exact) mass is 586 g/mol. The van der Waals surface area contributed by atoms with Crippen molar-refractivity contribution in [2.24, 2.45) is 0 Å². The van der Waals surface area contributed by atoms with E-state index in [4.69, 9.17) is 0 Å². The first-order chi connectivity index (χ1) is 14.8. The molecule has 0 bridgehead atoms. The molecule has 0 saturated carbocycles. The van der Waals surface area contributed by atoms with Crippen LogP contribution in [0.15, 0.2) is 67.8 Å². The molecule has 4 rings (SSSR count). The standard InChI is InChI=1S/C21H25.C9H13.C2H4.2ClH.Zr/c1-20(2,3)16-9-7-14-11-15-8-10-17(21(4,5)6)13-19(15)18(14)12-16;1-9(2,3)8-6-4-5-7-8;1-2;;;/h7,9-10,12-13H,11H2,1-6H3;4-7H,1-3H3;1-2H2;2*1H;/q2*-1;;;;+4/p-2.